The Morgan fingerprint density at radius 3 is 2.86 bits per heavy atom. The SMILES string of the molecule is COCCn1cccc1C(=O)N1CCC(C(=O)O)CC1C. The summed E-state index contributed by atoms with van der Waals surface area (Å²) in [5, 5.41) is 9.08. The van der Waals surface area contributed by atoms with Gasteiger partial charge in [0.25, 0.3) is 5.91 Å². The lowest BCUT2D eigenvalue weighted by molar-refractivity contribution is -0.143. The van der Waals surface area contributed by atoms with Crippen LogP contribution in [0, 0.1) is 5.92 Å². The average Bonchev–Trinajstić information content (AvgIpc) is 2.92. The van der Waals surface area contributed by atoms with E-state index in [9.17, 15) is 9.59 Å². The van der Waals surface area contributed by atoms with E-state index in [0.29, 0.717) is 38.2 Å². The molecule has 2 heterocycles. The molecule has 0 aliphatic carbocycles. The number of carboxylic acid groups (broad SMARTS) is 1. The van der Waals surface area contributed by atoms with Gasteiger partial charge in [0.05, 0.1) is 12.5 Å². The summed E-state index contributed by atoms with van der Waals surface area (Å²) < 4.78 is 6.92. The Morgan fingerprint density at radius 2 is 2.24 bits per heavy atom. The van der Waals surface area contributed by atoms with Gasteiger partial charge in [0.2, 0.25) is 0 Å². The van der Waals surface area contributed by atoms with E-state index in [-0.39, 0.29) is 17.9 Å². The Kier molecular flexibility index (Phi) is 5.01. The molecule has 0 bridgehead atoms. The number of rotatable bonds is 5. The molecule has 1 aromatic rings. The van der Waals surface area contributed by atoms with E-state index in [4.69, 9.17) is 9.84 Å². The molecule has 1 amide bonds. The number of carboxylic acids is 1. The molecule has 1 aromatic heterocycles. The smallest absolute Gasteiger partial charge is 0.306 e. The first-order valence-electron chi connectivity index (χ1n) is 7.22. The van der Waals surface area contributed by atoms with Crippen LogP contribution in [0.2, 0.25) is 0 Å². The molecule has 6 heteroatoms. The zero-order chi connectivity index (χ0) is 15.4. The standard InChI is InChI=1S/C15H22N2O4/c1-11-10-12(15(19)20)5-7-17(11)14(18)13-4-3-6-16(13)8-9-21-2/h3-4,6,11-12H,5,7-10H2,1-2H3,(H,19,20). The summed E-state index contributed by atoms with van der Waals surface area (Å²) in [4.78, 5) is 25.5. The molecule has 2 unspecified atom stereocenters. The number of methoxy groups -OCH3 is 1. The van der Waals surface area contributed by atoms with Crippen LogP contribution in [-0.2, 0) is 16.1 Å². The fourth-order valence-corrected chi connectivity index (χ4v) is 2.84. The van der Waals surface area contributed by atoms with Crippen molar-refractivity contribution < 1.29 is 19.4 Å². The molecule has 1 aliphatic heterocycles. The van der Waals surface area contributed by atoms with E-state index in [0.717, 1.165) is 0 Å². The lowest BCUT2D eigenvalue weighted by Crippen LogP contribution is -2.46. The molecule has 1 aliphatic rings. The number of aromatic nitrogens is 1. The third-order valence-corrected chi connectivity index (χ3v) is 4.07. The number of aliphatic carboxylic acids is 1. The van der Waals surface area contributed by atoms with Crippen LogP contribution < -0.4 is 0 Å². The highest BCUT2D eigenvalue weighted by atomic mass is 16.5. The second-order valence-electron chi connectivity index (χ2n) is 5.49. The Morgan fingerprint density at radius 1 is 1.48 bits per heavy atom. The molecule has 2 rings (SSSR count). The Balaban J connectivity index is 2.07. The average molecular weight is 294 g/mol. The van der Waals surface area contributed by atoms with Crippen molar-refractivity contribution in [3.63, 3.8) is 0 Å². The predicted octanol–water partition coefficient (Wildman–Crippen LogP) is 1.46. The maximum absolute atomic E-state index is 12.6. The quantitative estimate of drug-likeness (QED) is 0.892. The van der Waals surface area contributed by atoms with Crippen molar-refractivity contribution in [1.29, 1.82) is 0 Å². The first kappa shape index (κ1) is 15.6. The zero-order valence-electron chi connectivity index (χ0n) is 12.5. The van der Waals surface area contributed by atoms with Crippen molar-refractivity contribution in [3.05, 3.63) is 24.0 Å². The largest absolute Gasteiger partial charge is 0.481 e. The number of carbonyl (C=O) groups is 2. The van der Waals surface area contributed by atoms with Crippen molar-refractivity contribution in [2.45, 2.75) is 32.4 Å². The van der Waals surface area contributed by atoms with Gasteiger partial charge in [-0.1, -0.05) is 0 Å². The number of hydrogen-bond donors (Lipinski definition) is 1. The van der Waals surface area contributed by atoms with E-state index < -0.39 is 5.97 Å². The van der Waals surface area contributed by atoms with Gasteiger partial charge in [-0.2, -0.15) is 0 Å². The van der Waals surface area contributed by atoms with E-state index >= 15 is 0 Å². The number of ether oxygens (including phenoxy) is 1. The molecular weight excluding hydrogens is 272 g/mol. The summed E-state index contributed by atoms with van der Waals surface area (Å²) in [6.45, 7) is 3.58. The Hall–Kier alpha value is -1.82. The molecule has 116 valence electrons. The monoisotopic (exact) mass is 294 g/mol. The highest BCUT2D eigenvalue weighted by Gasteiger charge is 2.33. The summed E-state index contributed by atoms with van der Waals surface area (Å²) in [5.41, 5.74) is 0.632. The van der Waals surface area contributed by atoms with Crippen LogP contribution in [0.4, 0.5) is 0 Å². The fourth-order valence-electron chi connectivity index (χ4n) is 2.84. The van der Waals surface area contributed by atoms with Crippen LogP contribution in [-0.4, -0.2) is 52.8 Å². The van der Waals surface area contributed by atoms with Crippen molar-refractivity contribution in [2.24, 2.45) is 5.92 Å². The molecule has 0 aromatic carbocycles. The summed E-state index contributed by atoms with van der Waals surface area (Å²) in [6, 6.07) is 3.59. The number of amides is 1. The first-order valence-corrected chi connectivity index (χ1v) is 7.22. The first-order chi connectivity index (χ1) is 10.0. The van der Waals surface area contributed by atoms with Gasteiger partial charge >= 0.3 is 5.97 Å². The second-order valence-corrected chi connectivity index (χ2v) is 5.49. The maximum atomic E-state index is 12.6. The normalized spacial score (nSPS) is 22.3. The number of likely N-dealkylation sites (tertiary alicyclic amines) is 1. The van der Waals surface area contributed by atoms with E-state index in [1.807, 2.05) is 23.8 Å². The van der Waals surface area contributed by atoms with Crippen LogP contribution in [0.5, 0.6) is 0 Å². The Labute approximate surface area is 124 Å². The molecule has 1 saturated heterocycles. The maximum Gasteiger partial charge on any atom is 0.306 e. The fraction of sp³-hybridized carbons (Fsp3) is 0.600. The molecule has 6 nitrogen and oxygen atoms in total. The van der Waals surface area contributed by atoms with Crippen molar-refractivity contribution in [1.82, 2.24) is 9.47 Å². The topological polar surface area (TPSA) is 71.8 Å². The van der Waals surface area contributed by atoms with Gasteiger partial charge < -0.3 is 19.3 Å². The number of piperidine rings is 1. The van der Waals surface area contributed by atoms with Crippen LogP contribution in [0.15, 0.2) is 18.3 Å². The summed E-state index contributed by atoms with van der Waals surface area (Å²) >= 11 is 0. The van der Waals surface area contributed by atoms with Crippen molar-refractivity contribution in [2.75, 3.05) is 20.3 Å². The summed E-state index contributed by atoms with van der Waals surface area (Å²) in [5.74, 6) is -1.14. The van der Waals surface area contributed by atoms with Gasteiger partial charge in [0.1, 0.15) is 5.69 Å². The molecule has 0 saturated carbocycles. The molecule has 0 spiro atoms. The van der Waals surface area contributed by atoms with E-state index in [1.165, 1.54) is 0 Å². The highest BCUT2D eigenvalue weighted by molar-refractivity contribution is 5.93. The van der Waals surface area contributed by atoms with Gasteiger partial charge in [0, 0.05) is 32.4 Å². The third-order valence-electron chi connectivity index (χ3n) is 4.07. The van der Waals surface area contributed by atoms with Gasteiger partial charge in [-0.25, -0.2) is 0 Å². The van der Waals surface area contributed by atoms with Gasteiger partial charge in [-0.3, -0.25) is 9.59 Å². The van der Waals surface area contributed by atoms with Gasteiger partial charge in [-0.15, -0.1) is 0 Å². The molecule has 0 radical (unpaired) electrons. The van der Waals surface area contributed by atoms with Crippen LogP contribution in [0.3, 0.4) is 0 Å². The van der Waals surface area contributed by atoms with Crippen LogP contribution in [0.1, 0.15) is 30.3 Å². The minimum atomic E-state index is -0.766. The zero-order valence-corrected chi connectivity index (χ0v) is 12.5. The predicted molar refractivity (Wildman–Crippen MR) is 77.2 cm³/mol. The minimum absolute atomic E-state index is 0.0348. The second kappa shape index (κ2) is 6.76. The number of carbonyl (C=O) groups excluding carboxylic acids is 1. The lowest BCUT2D eigenvalue weighted by Gasteiger charge is -2.36. The van der Waals surface area contributed by atoms with E-state index in [1.54, 1.807) is 18.1 Å². The molecule has 1 fully saturated rings. The molecule has 21 heavy (non-hydrogen) atoms. The Bertz CT molecular complexity index is 512. The molecule has 1 N–H and O–H groups in total. The van der Waals surface area contributed by atoms with Crippen molar-refractivity contribution >= 4 is 11.9 Å². The minimum Gasteiger partial charge on any atom is -0.481 e. The highest BCUT2D eigenvalue weighted by Crippen LogP contribution is 2.24. The van der Waals surface area contributed by atoms with Gasteiger partial charge in [-0.05, 0) is 31.9 Å². The summed E-state index contributed by atoms with van der Waals surface area (Å²) in [6.07, 6.45) is 2.89. The van der Waals surface area contributed by atoms with Gasteiger partial charge in [0.15, 0.2) is 0 Å². The third kappa shape index (κ3) is 3.44. The number of nitrogens with zero attached hydrogens (tertiary/aromatic N) is 2. The lowest BCUT2D eigenvalue weighted by atomic mass is 9.91. The molecule has 2 atom stereocenters. The van der Waals surface area contributed by atoms with Crippen molar-refractivity contribution in [3.8, 4) is 0 Å². The van der Waals surface area contributed by atoms with Crippen LogP contribution >= 0.6 is 0 Å². The number of hydrogen-bond acceptors (Lipinski definition) is 3. The summed E-state index contributed by atoms with van der Waals surface area (Å²) in [7, 11) is 1.63. The van der Waals surface area contributed by atoms with E-state index in [2.05, 4.69) is 0 Å². The molecular formula is C15H22N2O4. The van der Waals surface area contributed by atoms with Crippen LogP contribution in [0.25, 0.3) is 0 Å².